The van der Waals surface area contributed by atoms with Gasteiger partial charge >= 0.3 is 23.9 Å². The Morgan fingerprint density at radius 2 is 1.63 bits per heavy atom. The van der Waals surface area contributed by atoms with Crippen molar-refractivity contribution in [2.45, 2.75) is 180 Å². The first-order valence-electron chi connectivity index (χ1n) is 22.2. The Bertz CT molecular complexity index is 1820. The molecule has 0 aromatic heterocycles. The van der Waals surface area contributed by atoms with Crippen molar-refractivity contribution in [3.63, 3.8) is 0 Å². The molecule has 1 aliphatic carbocycles. The lowest BCUT2D eigenvalue weighted by Gasteiger charge is -2.32. The summed E-state index contributed by atoms with van der Waals surface area (Å²) in [5.41, 5.74) is -0.871. The van der Waals surface area contributed by atoms with E-state index in [-0.39, 0.29) is 37.0 Å². The van der Waals surface area contributed by atoms with E-state index in [2.05, 4.69) is 24.5 Å². The average molecular weight is 885 g/mol. The summed E-state index contributed by atoms with van der Waals surface area (Å²) in [4.78, 5) is 79.0. The second-order valence-corrected chi connectivity index (χ2v) is 18.4. The number of amides is 2. The van der Waals surface area contributed by atoms with Gasteiger partial charge in [-0.2, -0.15) is 0 Å². The fraction of sp³-hybridized carbons (Fsp3) is 0.660. The number of hydrogen-bond donors (Lipinski definition) is 4. The topological polar surface area (TPSA) is 222 Å². The zero-order chi connectivity index (χ0) is 46.5. The molecule has 0 saturated carbocycles. The first-order chi connectivity index (χ1) is 29.7. The zero-order valence-electron chi connectivity index (χ0n) is 38.1. The van der Waals surface area contributed by atoms with Gasteiger partial charge in [-0.3, -0.25) is 14.4 Å². The van der Waals surface area contributed by atoms with Gasteiger partial charge < -0.3 is 49.3 Å². The standard InChI is InChI=1S/C47H68N2O14/c1-9-11-15-23-47(24-16-12-10-2)61-35-26-31(41(54)49-38(29(3)51)42(55)48-32(27-50)20-22-37(53)62-45(4,5)6)25-34(39(35)63-47)59-43(56)33-18-14-13-17-30(33)19-21-36(52)60-40-44(57)58-28-46(40,7)8/h13-14,17-19,21,26,29,32,34-35,38-40,50-51H,9-12,15-16,20,22-25,27-28H2,1-8H3,(H,48,55)(H,49,54)/t29-,32-,34+,35+,38+,39-,40-/m0/s1. The summed E-state index contributed by atoms with van der Waals surface area (Å²) in [6, 6.07) is 4.10. The maximum atomic E-state index is 14.1. The molecule has 16 heteroatoms. The van der Waals surface area contributed by atoms with Gasteiger partial charge in [0.25, 0.3) is 0 Å². The van der Waals surface area contributed by atoms with Crippen LogP contribution < -0.4 is 10.6 Å². The van der Waals surface area contributed by atoms with E-state index >= 15 is 0 Å². The lowest BCUT2D eigenvalue weighted by molar-refractivity contribution is -0.190. The van der Waals surface area contributed by atoms with E-state index in [1.54, 1.807) is 58.9 Å². The fourth-order valence-corrected chi connectivity index (χ4v) is 7.70. The molecule has 0 radical (unpaired) electrons. The molecule has 0 unspecified atom stereocenters. The Kier molecular flexibility index (Phi) is 18.5. The molecule has 4 rings (SSSR count). The molecule has 2 saturated heterocycles. The van der Waals surface area contributed by atoms with Crippen LogP contribution in [0.15, 0.2) is 42.0 Å². The summed E-state index contributed by atoms with van der Waals surface area (Å²) >= 11 is 0. The molecule has 63 heavy (non-hydrogen) atoms. The van der Waals surface area contributed by atoms with Gasteiger partial charge in [0, 0.05) is 42.7 Å². The molecule has 2 heterocycles. The second kappa shape index (κ2) is 22.8. The molecule has 0 bridgehead atoms. The molecule has 2 fully saturated rings. The van der Waals surface area contributed by atoms with Crippen LogP contribution in [0.3, 0.4) is 0 Å². The zero-order valence-corrected chi connectivity index (χ0v) is 38.1. The third-order valence-corrected chi connectivity index (χ3v) is 11.1. The highest BCUT2D eigenvalue weighted by Gasteiger charge is 2.53. The molecule has 1 aromatic carbocycles. The van der Waals surface area contributed by atoms with Gasteiger partial charge in [0.2, 0.25) is 17.9 Å². The highest BCUT2D eigenvalue weighted by molar-refractivity contribution is 5.98. The Labute approximate surface area is 370 Å². The van der Waals surface area contributed by atoms with Crippen LogP contribution in [-0.4, -0.2) is 113 Å². The summed E-state index contributed by atoms with van der Waals surface area (Å²) < 4.78 is 35.4. The smallest absolute Gasteiger partial charge is 0.348 e. The SMILES string of the molecule is CCCCCC1(CCCCC)O[C@@H]2[C@@H](C=C(C(=O)N[C@@H](C(=O)N[C@H](CO)CCC(=O)OC(C)(C)C)[C@H](C)O)C[C@H]2OC(=O)c2ccccc2C=CC(=O)O[C@H]2C(=O)OCC2(C)C)O1. The van der Waals surface area contributed by atoms with Crippen molar-refractivity contribution in [3.05, 3.63) is 53.1 Å². The second-order valence-electron chi connectivity index (χ2n) is 18.4. The normalized spacial score (nSPS) is 22.8. The quantitative estimate of drug-likeness (QED) is 0.0512. The number of hydrogen-bond acceptors (Lipinski definition) is 14. The molecule has 7 atom stereocenters. The summed E-state index contributed by atoms with van der Waals surface area (Å²) in [7, 11) is 0. The van der Waals surface area contributed by atoms with Crippen LogP contribution in [0.5, 0.6) is 0 Å². The minimum Gasteiger partial charge on any atom is -0.462 e. The number of ether oxygens (including phenoxy) is 6. The predicted octanol–water partition coefficient (Wildman–Crippen LogP) is 5.16. The number of unbranched alkanes of at least 4 members (excludes halogenated alkanes) is 4. The van der Waals surface area contributed by atoms with Crippen LogP contribution in [0, 0.1) is 5.41 Å². The third kappa shape index (κ3) is 14.7. The van der Waals surface area contributed by atoms with Crippen molar-refractivity contribution >= 4 is 41.8 Å². The van der Waals surface area contributed by atoms with Gasteiger partial charge in [-0.25, -0.2) is 14.4 Å². The number of cyclic esters (lactones) is 1. The Hall–Kier alpha value is -4.64. The van der Waals surface area contributed by atoms with Crippen molar-refractivity contribution in [3.8, 4) is 0 Å². The van der Waals surface area contributed by atoms with Gasteiger partial charge in [0.1, 0.15) is 36.6 Å². The van der Waals surface area contributed by atoms with E-state index in [4.69, 9.17) is 28.4 Å². The third-order valence-electron chi connectivity index (χ3n) is 11.1. The molecule has 350 valence electrons. The van der Waals surface area contributed by atoms with Gasteiger partial charge in [-0.1, -0.05) is 71.6 Å². The van der Waals surface area contributed by atoms with E-state index in [9.17, 15) is 39.0 Å². The number of carbonyl (C=O) groups excluding carboxylic acids is 6. The molecule has 1 aromatic rings. The Balaban J connectivity index is 1.57. The van der Waals surface area contributed by atoms with Gasteiger partial charge in [-0.15, -0.1) is 0 Å². The number of benzene rings is 1. The molecule has 2 amide bonds. The number of aliphatic hydroxyl groups excluding tert-OH is 2. The van der Waals surface area contributed by atoms with E-state index in [0.29, 0.717) is 18.4 Å². The van der Waals surface area contributed by atoms with Crippen LogP contribution >= 0.6 is 0 Å². The van der Waals surface area contributed by atoms with Crippen molar-refractivity contribution in [2.24, 2.45) is 5.41 Å². The predicted molar refractivity (Wildman–Crippen MR) is 230 cm³/mol. The number of fused-ring (bicyclic) bond motifs is 1. The minimum atomic E-state index is -1.47. The Morgan fingerprint density at radius 1 is 0.968 bits per heavy atom. The molecular weight excluding hydrogens is 817 g/mol. The number of aliphatic hydroxyl groups is 2. The summed E-state index contributed by atoms with van der Waals surface area (Å²) in [5.74, 6) is -5.23. The van der Waals surface area contributed by atoms with Crippen LogP contribution in [0.4, 0.5) is 0 Å². The maximum absolute atomic E-state index is 14.1. The minimum absolute atomic E-state index is 0.0484. The molecular formula is C47H68N2O14. The molecule has 2 aliphatic heterocycles. The van der Waals surface area contributed by atoms with Gasteiger partial charge in [0.15, 0.2) is 5.79 Å². The summed E-state index contributed by atoms with van der Waals surface area (Å²) in [5, 5.41) is 25.9. The van der Waals surface area contributed by atoms with E-state index in [1.807, 2.05) is 0 Å². The number of nitrogens with one attached hydrogen (secondary N) is 2. The molecule has 4 N–H and O–H groups in total. The molecule has 16 nitrogen and oxygen atoms in total. The number of esters is 4. The van der Waals surface area contributed by atoms with Crippen molar-refractivity contribution in [2.75, 3.05) is 13.2 Å². The van der Waals surface area contributed by atoms with Gasteiger partial charge in [-0.05, 0) is 70.7 Å². The molecule has 0 spiro atoms. The maximum Gasteiger partial charge on any atom is 0.348 e. The largest absolute Gasteiger partial charge is 0.462 e. The van der Waals surface area contributed by atoms with Crippen molar-refractivity contribution < 1.29 is 67.4 Å². The van der Waals surface area contributed by atoms with Crippen molar-refractivity contribution in [1.29, 1.82) is 0 Å². The van der Waals surface area contributed by atoms with E-state index < -0.39 is 102 Å². The number of carbonyl (C=O) groups is 6. The highest BCUT2D eigenvalue weighted by atomic mass is 16.8. The lowest BCUT2D eigenvalue weighted by Crippen LogP contribution is -2.55. The first kappa shape index (κ1) is 51.0. The Morgan fingerprint density at radius 3 is 2.22 bits per heavy atom. The lowest BCUT2D eigenvalue weighted by atomic mass is 9.90. The summed E-state index contributed by atoms with van der Waals surface area (Å²) in [6.07, 6.45) is 5.46. The summed E-state index contributed by atoms with van der Waals surface area (Å²) in [6.45, 7) is 13.8. The van der Waals surface area contributed by atoms with Crippen LogP contribution in [-0.2, 0) is 52.4 Å². The van der Waals surface area contributed by atoms with Crippen LogP contribution in [0.2, 0.25) is 0 Å². The van der Waals surface area contributed by atoms with E-state index in [0.717, 1.165) is 44.6 Å². The average Bonchev–Trinajstić information content (AvgIpc) is 3.71. The first-order valence-corrected chi connectivity index (χ1v) is 22.2. The van der Waals surface area contributed by atoms with E-state index in [1.165, 1.54) is 19.1 Å². The van der Waals surface area contributed by atoms with Crippen molar-refractivity contribution in [1.82, 2.24) is 10.6 Å². The fourth-order valence-electron chi connectivity index (χ4n) is 7.70. The monoisotopic (exact) mass is 884 g/mol. The number of rotatable bonds is 22. The van der Waals surface area contributed by atoms with Crippen LogP contribution in [0.25, 0.3) is 6.08 Å². The van der Waals surface area contributed by atoms with Gasteiger partial charge in [0.05, 0.1) is 24.3 Å². The van der Waals surface area contributed by atoms with Crippen LogP contribution in [0.1, 0.15) is 142 Å². The highest BCUT2D eigenvalue weighted by Crippen LogP contribution is 2.43. The molecule has 3 aliphatic rings.